The summed E-state index contributed by atoms with van der Waals surface area (Å²) in [5, 5.41) is 11.4. The van der Waals surface area contributed by atoms with E-state index in [2.05, 4.69) is 4.98 Å². The first-order valence-electron chi connectivity index (χ1n) is 6.02. The number of benzene rings is 1. The van der Waals surface area contributed by atoms with E-state index in [-0.39, 0.29) is 0 Å². The van der Waals surface area contributed by atoms with Gasteiger partial charge in [0.05, 0.1) is 11.3 Å². The van der Waals surface area contributed by atoms with Gasteiger partial charge in [0.2, 0.25) is 0 Å². The van der Waals surface area contributed by atoms with Gasteiger partial charge in [-0.3, -0.25) is 4.57 Å². The number of aromatic nitrogens is 2. The van der Waals surface area contributed by atoms with E-state index in [9.17, 15) is 5.11 Å². The Bertz CT molecular complexity index is 575. The number of aliphatic hydroxyl groups is 1. The van der Waals surface area contributed by atoms with Crippen molar-refractivity contribution in [3.8, 4) is 5.69 Å². The highest BCUT2D eigenvalue weighted by Gasteiger charge is 2.16. The Hall–Kier alpha value is -0.970. The van der Waals surface area contributed by atoms with Gasteiger partial charge >= 0.3 is 0 Å². The molecule has 0 aliphatic heterocycles. The minimum Gasteiger partial charge on any atom is -0.390 e. The summed E-state index contributed by atoms with van der Waals surface area (Å²) in [6, 6.07) is 5.81. The summed E-state index contributed by atoms with van der Waals surface area (Å²) in [6.45, 7) is 5.57. The Morgan fingerprint density at radius 2 is 2.16 bits per heavy atom. The van der Waals surface area contributed by atoms with Crippen LogP contribution in [0.15, 0.2) is 35.7 Å². The van der Waals surface area contributed by atoms with Crippen LogP contribution >= 0.6 is 23.4 Å². The molecule has 0 fully saturated rings. The first-order chi connectivity index (χ1) is 8.88. The predicted octanol–water partition coefficient (Wildman–Crippen LogP) is 3.70. The number of rotatable bonds is 4. The van der Waals surface area contributed by atoms with Crippen molar-refractivity contribution in [3.05, 3.63) is 41.2 Å². The van der Waals surface area contributed by atoms with Gasteiger partial charge in [0.1, 0.15) is 0 Å². The van der Waals surface area contributed by atoms with E-state index in [0.717, 1.165) is 21.4 Å². The molecule has 1 heterocycles. The first-order valence-corrected chi connectivity index (χ1v) is 7.39. The second kappa shape index (κ2) is 5.57. The lowest BCUT2D eigenvalue weighted by molar-refractivity contribution is 0.107. The molecule has 102 valence electrons. The maximum absolute atomic E-state index is 9.80. The molecule has 0 aliphatic rings. The molecule has 19 heavy (non-hydrogen) atoms. The molecule has 0 unspecified atom stereocenters. The fraction of sp³-hybridized carbons (Fsp3) is 0.357. The van der Waals surface area contributed by atoms with Crippen molar-refractivity contribution < 1.29 is 5.11 Å². The highest BCUT2D eigenvalue weighted by molar-refractivity contribution is 7.99. The fourth-order valence-corrected chi connectivity index (χ4v) is 2.76. The Labute approximate surface area is 122 Å². The third-order valence-corrected chi connectivity index (χ3v) is 4.48. The molecule has 5 heteroatoms. The molecule has 0 bridgehead atoms. The van der Waals surface area contributed by atoms with E-state index in [1.54, 1.807) is 20.0 Å². The number of hydrogen-bond donors (Lipinski definition) is 1. The van der Waals surface area contributed by atoms with Crippen LogP contribution < -0.4 is 0 Å². The number of nitrogens with zero attached hydrogens (tertiary/aromatic N) is 2. The summed E-state index contributed by atoms with van der Waals surface area (Å²) < 4.78 is 2.00. The summed E-state index contributed by atoms with van der Waals surface area (Å²) in [7, 11) is 0. The second-order valence-corrected chi connectivity index (χ2v) is 6.41. The zero-order valence-corrected chi connectivity index (χ0v) is 12.8. The molecule has 0 saturated heterocycles. The molecular weight excluding hydrogens is 280 g/mol. The molecule has 0 atom stereocenters. The Morgan fingerprint density at radius 1 is 1.42 bits per heavy atom. The Balaban J connectivity index is 2.31. The third kappa shape index (κ3) is 3.53. The van der Waals surface area contributed by atoms with Crippen LogP contribution in [0.1, 0.15) is 19.4 Å². The summed E-state index contributed by atoms with van der Waals surface area (Å²) in [5.74, 6) is 0.587. The minimum absolute atomic E-state index is 0.587. The summed E-state index contributed by atoms with van der Waals surface area (Å²) in [6.07, 6.45) is 3.67. The molecule has 1 aromatic carbocycles. The molecule has 1 N–H and O–H groups in total. The zero-order chi connectivity index (χ0) is 14.0. The topological polar surface area (TPSA) is 38.0 Å². The lowest BCUT2D eigenvalue weighted by Gasteiger charge is -2.17. The Morgan fingerprint density at radius 3 is 2.84 bits per heavy atom. The van der Waals surface area contributed by atoms with Crippen molar-refractivity contribution in [2.24, 2.45) is 0 Å². The molecular formula is C14H17ClN2OS. The minimum atomic E-state index is -0.717. The average molecular weight is 297 g/mol. The molecule has 0 saturated carbocycles. The second-order valence-electron chi connectivity index (χ2n) is 5.06. The highest BCUT2D eigenvalue weighted by atomic mass is 35.5. The van der Waals surface area contributed by atoms with E-state index in [4.69, 9.17) is 11.6 Å². The van der Waals surface area contributed by atoms with Crippen LogP contribution in [0.5, 0.6) is 0 Å². The molecule has 0 amide bonds. The number of imidazole rings is 1. The normalized spacial score (nSPS) is 11.8. The van der Waals surface area contributed by atoms with Gasteiger partial charge in [0.25, 0.3) is 0 Å². The zero-order valence-electron chi connectivity index (χ0n) is 11.2. The largest absolute Gasteiger partial charge is 0.390 e. The summed E-state index contributed by atoms with van der Waals surface area (Å²) in [5.41, 5.74) is 1.32. The van der Waals surface area contributed by atoms with Crippen molar-refractivity contribution in [1.82, 2.24) is 9.55 Å². The van der Waals surface area contributed by atoms with Crippen LogP contribution in [-0.2, 0) is 0 Å². The SMILES string of the molecule is Cc1c(Cl)cccc1-n1ccnc1SCC(C)(C)O. The molecule has 2 aromatic rings. The van der Waals surface area contributed by atoms with E-state index < -0.39 is 5.60 Å². The van der Waals surface area contributed by atoms with Gasteiger partial charge in [-0.2, -0.15) is 0 Å². The summed E-state index contributed by atoms with van der Waals surface area (Å²) >= 11 is 7.68. The van der Waals surface area contributed by atoms with E-state index >= 15 is 0 Å². The summed E-state index contributed by atoms with van der Waals surface area (Å²) in [4.78, 5) is 4.34. The van der Waals surface area contributed by atoms with Crippen LogP contribution in [0, 0.1) is 6.92 Å². The number of hydrogen-bond acceptors (Lipinski definition) is 3. The van der Waals surface area contributed by atoms with E-state index in [0.29, 0.717) is 5.75 Å². The van der Waals surface area contributed by atoms with E-state index in [1.165, 1.54) is 11.8 Å². The maximum Gasteiger partial charge on any atom is 0.172 e. The molecule has 3 nitrogen and oxygen atoms in total. The first kappa shape index (κ1) is 14.4. The molecule has 0 spiro atoms. The van der Waals surface area contributed by atoms with Gasteiger partial charge in [0, 0.05) is 23.2 Å². The van der Waals surface area contributed by atoms with Gasteiger partial charge < -0.3 is 5.11 Å². The van der Waals surface area contributed by atoms with Crippen molar-refractivity contribution in [3.63, 3.8) is 0 Å². The lowest BCUT2D eigenvalue weighted by Crippen LogP contribution is -2.22. The fourth-order valence-electron chi connectivity index (χ4n) is 1.68. The number of thioether (sulfide) groups is 1. The van der Waals surface area contributed by atoms with Gasteiger partial charge in [-0.1, -0.05) is 29.4 Å². The predicted molar refractivity (Wildman–Crippen MR) is 80.3 cm³/mol. The van der Waals surface area contributed by atoms with Crippen molar-refractivity contribution in [1.29, 1.82) is 0 Å². The quantitative estimate of drug-likeness (QED) is 0.874. The van der Waals surface area contributed by atoms with Gasteiger partial charge in [-0.15, -0.1) is 0 Å². The molecule has 0 radical (unpaired) electrons. The van der Waals surface area contributed by atoms with Gasteiger partial charge in [-0.25, -0.2) is 4.98 Å². The van der Waals surface area contributed by atoms with Crippen LogP contribution in [0.2, 0.25) is 5.02 Å². The van der Waals surface area contributed by atoms with Gasteiger partial charge in [0.15, 0.2) is 5.16 Å². The van der Waals surface area contributed by atoms with Crippen LogP contribution in [0.25, 0.3) is 5.69 Å². The average Bonchev–Trinajstić information content (AvgIpc) is 2.77. The monoisotopic (exact) mass is 296 g/mol. The maximum atomic E-state index is 9.80. The smallest absolute Gasteiger partial charge is 0.172 e. The standard InChI is InChI=1S/C14H17ClN2OS/c1-10-11(15)5-4-6-12(10)17-8-7-16-13(17)19-9-14(2,3)18/h4-8,18H,9H2,1-3H3. The van der Waals surface area contributed by atoms with Crippen LogP contribution in [-0.4, -0.2) is 26.0 Å². The van der Waals surface area contributed by atoms with Crippen molar-refractivity contribution >= 4 is 23.4 Å². The lowest BCUT2D eigenvalue weighted by atomic mass is 10.2. The van der Waals surface area contributed by atoms with E-state index in [1.807, 2.05) is 35.9 Å². The molecule has 1 aromatic heterocycles. The van der Waals surface area contributed by atoms with Crippen molar-refractivity contribution in [2.45, 2.75) is 31.5 Å². The van der Waals surface area contributed by atoms with Crippen LogP contribution in [0.4, 0.5) is 0 Å². The molecule has 0 aliphatic carbocycles. The third-order valence-electron chi connectivity index (χ3n) is 2.66. The van der Waals surface area contributed by atoms with Gasteiger partial charge in [-0.05, 0) is 38.5 Å². The highest BCUT2D eigenvalue weighted by Crippen LogP contribution is 2.27. The Kier molecular flexibility index (Phi) is 4.23. The van der Waals surface area contributed by atoms with Crippen molar-refractivity contribution in [2.75, 3.05) is 5.75 Å². The number of halogens is 1. The molecule has 2 rings (SSSR count). The van der Waals surface area contributed by atoms with Crippen LogP contribution in [0.3, 0.4) is 0 Å².